The highest BCUT2D eigenvalue weighted by Gasteiger charge is 2.36. The second kappa shape index (κ2) is 6.71. The van der Waals surface area contributed by atoms with E-state index >= 15 is 0 Å². The number of piperazine rings is 1. The van der Waals surface area contributed by atoms with Gasteiger partial charge in [-0.15, -0.1) is 0 Å². The minimum Gasteiger partial charge on any atom is -0.342 e. The smallest absolute Gasteiger partial charge is 0.240 e. The maximum atomic E-state index is 12.9. The Morgan fingerprint density at radius 3 is 2.70 bits per heavy atom. The maximum absolute atomic E-state index is 12.9. The average molecular weight is 315 g/mol. The number of amides is 2. The van der Waals surface area contributed by atoms with Gasteiger partial charge in [-0.25, -0.2) is 0 Å². The third-order valence-electron chi connectivity index (χ3n) is 4.93. The fourth-order valence-corrected chi connectivity index (χ4v) is 3.60. The van der Waals surface area contributed by atoms with E-state index in [-0.39, 0.29) is 17.9 Å². The molecule has 1 unspecified atom stereocenters. The van der Waals surface area contributed by atoms with Gasteiger partial charge in [-0.2, -0.15) is 0 Å². The molecule has 2 aliphatic heterocycles. The van der Waals surface area contributed by atoms with Crippen LogP contribution in [0.3, 0.4) is 0 Å². The van der Waals surface area contributed by atoms with E-state index < -0.39 is 0 Å². The Balaban J connectivity index is 1.68. The molecular formula is C18H25N3O2. The zero-order valence-electron chi connectivity index (χ0n) is 14.0. The van der Waals surface area contributed by atoms with Crippen molar-refractivity contribution in [2.45, 2.75) is 32.9 Å². The van der Waals surface area contributed by atoms with E-state index in [0.29, 0.717) is 13.1 Å². The van der Waals surface area contributed by atoms with Gasteiger partial charge in [0.15, 0.2) is 0 Å². The Hall–Kier alpha value is -1.88. The van der Waals surface area contributed by atoms with Gasteiger partial charge in [0.2, 0.25) is 11.8 Å². The van der Waals surface area contributed by atoms with Crippen LogP contribution in [0.1, 0.15) is 24.5 Å². The van der Waals surface area contributed by atoms with Gasteiger partial charge in [0.25, 0.3) is 0 Å². The third-order valence-corrected chi connectivity index (χ3v) is 4.93. The number of carbonyl (C=O) groups excluding carboxylic acids is 2. The molecule has 0 N–H and O–H groups in total. The van der Waals surface area contributed by atoms with Crippen LogP contribution in [-0.2, 0) is 16.1 Å². The lowest BCUT2D eigenvalue weighted by atomic mass is 10.1. The molecule has 0 spiro atoms. The minimum atomic E-state index is -0.0714. The lowest BCUT2D eigenvalue weighted by molar-refractivity contribution is -0.142. The summed E-state index contributed by atoms with van der Waals surface area (Å²) in [5.41, 5.74) is 2.41. The minimum absolute atomic E-state index is 0.0714. The monoisotopic (exact) mass is 315 g/mol. The Bertz CT molecular complexity index is 602. The van der Waals surface area contributed by atoms with Gasteiger partial charge in [-0.05, 0) is 18.9 Å². The molecule has 23 heavy (non-hydrogen) atoms. The van der Waals surface area contributed by atoms with Crippen LogP contribution < -0.4 is 0 Å². The Labute approximate surface area is 137 Å². The van der Waals surface area contributed by atoms with Crippen molar-refractivity contribution in [2.75, 3.05) is 32.7 Å². The van der Waals surface area contributed by atoms with Crippen LogP contribution in [0.15, 0.2) is 24.3 Å². The fraction of sp³-hybridized carbons (Fsp3) is 0.556. The molecule has 0 saturated carbocycles. The molecule has 2 fully saturated rings. The number of hydrogen-bond acceptors (Lipinski definition) is 3. The van der Waals surface area contributed by atoms with Gasteiger partial charge in [0, 0.05) is 46.2 Å². The third kappa shape index (κ3) is 3.55. The second-order valence-electron chi connectivity index (χ2n) is 6.60. The van der Waals surface area contributed by atoms with Crippen LogP contribution in [-0.4, -0.2) is 65.3 Å². The van der Waals surface area contributed by atoms with Crippen LogP contribution in [0, 0.1) is 6.92 Å². The number of aryl methyl sites for hydroxylation is 1. The molecule has 0 bridgehead atoms. The molecule has 0 aliphatic carbocycles. The van der Waals surface area contributed by atoms with E-state index in [4.69, 9.17) is 0 Å². The van der Waals surface area contributed by atoms with Crippen LogP contribution >= 0.6 is 0 Å². The van der Waals surface area contributed by atoms with Crippen LogP contribution in [0.25, 0.3) is 0 Å². The standard InChI is InChI=1S/C18H25N3O2/c1-14-4-3-5-16(12-14)13-21-11-10-20-9-8-19(15(2)22)7-6-17(20)18(21)23/h3-5,12,17H,6-11,13H2,1-2H3. The Kier molecular flexibility index (Phi) is 4.66. The van der Waals surface area contributed by atoms with E-state index in [1.54, 1.807) is 6.92 Å². The van der Waals surface area contributed by atoms with Gasteiger partial charge in [-0.3, -0.25) is 14.5 Å². The molecule has 2 aliphatic rings. The van der Waals surface area contributed by atoms with Gasteiger partial charge in [0.1, 0.15) is 0 Å². The van der Waals surface area contributed by atoms with Crippen molar-refractivity contribution < 1.29 is 9.59 Å². The lowest BCUT2D eigenvalue weighted by Gasteiger charge is -2.39. The second-order valence-corrected chi connectivity index (χ2v) is 6.60. The lowest BCUT2D eigenvalue weighted by Crippen LogP contribution is -2.56. The molecule has 2 saturated heterocycles. The van der Waals surface area contributed by atoms with Gasteiger partial charge in [-0.1, -0.05) is 29.8 Å². The molecule has 5 nitrogen and oxygen atoms in total. The first-order valence-corrected chi connectivity index (χ1v) is 8.38. The zero-order valence-corrected chi connectivity index (χ0v) is 14.0. The fourth-order valence-electron chi connectivity index (χ4n) is 3.60. The number of benzene rings is 1. The predicted octanol–water partition coefficient (Wildman–Crippen LogP) is 1.26. The molecule has 2 heterocycles. The largest absolute Gasteiger partial charge is 0.342 e. The Morgan fingerprint density at radius 2 is 1.96 bits per heavy atom. The first kappa shape index (κ1) is 16.0. The van der Waals surface area contributed by atoms with Crippen molar-refractivity contribution >= 4 is 11.8 Å². The number of fused-ring (bicyclic) bond motifs is 1. The highest BCUT2D eigenvalue weighted by atomic mass is 16.2. The summed E-state index contributed by atoms with van der Waals surface area (Å²) in [6, 6.07) is 8.27. The average Bonchev–Trinajstić information content (AvgIpc) is 2.73. The van der Waals surface area contributed by atoms with Gasteiger partial charge >= 0.3 is 0 Å². The van der Waals surface area contributed by atoms with Crippen LogP contribution in [0.2, 0.25) is 0 Å². The van der Waals surface area contributed by atoms with Crippen LogP contribution in [0.4, 0.5) is 0 Å². The predicted molar refractivity (Wildman–Crippen MR) is 88.8 cm³/mol. The number of hydrogen-bond donors (Lipinski definition) is 0. The molecule has 1 atom stereocenters. The number of rotatable bonds is 2. The SMILES string of the molecule is CC(=O)N1CCC2C(=O)N(Cc3cccc(C)c3)CCN2CC1. The summed E-state index contributed by atoms with van der Waals surface area (Å²) in [5, 5.41) is 0. The van der Waals surface area contributed by atoms with Crippen molar-refractivity contribution in [1.29, 1.82) is 0 Å². The zero-order chi connectivity index (χ0) is 16.4. The molecule has 124 valence electrons. The van der Waals surface area contributed by atoms with Crippen molar-refractivity contribution in [2.24, 2.45) is 0 Å². The summed E-state index contributed by atoms with van der Waals surface area (Å²) in [6.07, 6.45) is 0.739. The molecular weight excluding hydrogens is 290 g/mol. The molecule has 2 amide bonds. The summed E-state index contributed by atoms with van der Waals surface area (Å²) in [6.45, 7) is 8.24. The molecule has 1 aromatic rings. The summed E-state index contributed by atoms with van der Waals surface area (Å²) >= 11 is 0. The first-order valence-electron chi connectivity index (χ1n) is 8.38. The van der Waals surface area contributed by atoms with Crippen molar-refractivity contribution in [3.8, 4) is 0 Å². The van der Waals surface area contributed by atoms with Gasteiger partial charge < -0.3 is 9.80 Å². The van der Waals surface area contributed by atoms with E-state index in [2.05, 4.69) is 30.0 Å². The summed E-state index contributed by atoms with van der Waals surface area (Å²) < 4.78 is 0. The van der Waals surface area contributed by atoms with Crippen molar-refractivity contribution in [3.63, 3.8) is 0 Å². The van der Waals surface area contributed by atoms with Crippen molar-refractivity contribution in [1.82, 2.24) is 14.7 Å². The molecule has 3 rings (SSSR count). The molecule has 1 aromatic carbocycles. The normalized spacial score (nSPS) is 22.7. The molecule has 0 radical (unpaired) electrons. The Morgan fingerprint density at radius 1 is 1.17 bits per heavy atom. The van der Waals surface area contributed by atoms with E-state index in [0.717, 1.165) is 32.6 Å². The van der Waals surface area contributed by atoms with E-state index in [1.165, 1.54) is 11.1 Å². The van der Waals surface area contributed by atoms with E-state index in [9.17, 15) is 9.59 Å². The summed E-state index contributed by atoms with van der Waals surface area (Å²) in [5.74, 6) is 0.317. The van der Waals surface area contributed by atoms with Crippen molar-refractivity contribution in [3.05, 3.63) is 35.4 Å². The number of carbonyl (C=O) groups is 2. The summed E-state index contributed by atoms with van der Waals surface area (Å²) in [7, 11) is 0. The highest BCUT2D eigenvalue weighted by molar-refractivity contribution is 5.83. The van der Waals surface area contributed by atoms with Gasteiger partial charge in [0.05, 0.1) is 6.04 Å². The molecule has 0 aromatic heterocycles. The number of nitrogens with zero attached hydrogens (tertiary/aromatic N) is 3. The first-order chi connectivity index (χ1) is 11.0. The maximum Gasteiger partial charge on any atom is 0.240 e. The highest BCUT2D eigenvalue weighted by Crippen LogP contribution is 2.20. The van der Waals surface area contributed by atoms with E-state index in [1.807, 2.05) is 15.9 Å². The van der Waals surface area contributed by atoms with Crippen LogP contribution in [0.5, 0.6) is 0 Å². The topological polar surface area (TPSA) is 43.9 Å². The molecule has 5 heteroatoms. The summed E-state index contributed by atoms with van der Waals surface area (Å²) in [4.78, 5) is 30.5. The quantitative estimate of drug-likeness (QED) is 0.825.